The molecule has 1 heterocycles. The molecule has 5 heteroatoms. The van der Waals surface area contributed by atoms with E-state index in [0.717, 1.165) is 11.3 Å². The van der Waals surface area contributed by atoms with Gasteiger partial charge in [0.2, 0.25) is 5.91 Å². The number of hydrogen-bond donors (Lipinski definition) is 1. The van der Waals surface area contributed by atoms with Gasteiger partial charge in [0.25, 0.3) is 0 Å². The van der Waals surface area contributed by atoms with Crippen LogP contribution in [-0.4, -0.2) is 27.9 Å². The van der Waals surface area contributed by atoms with Gasteiger partial charge in [0.05, 0.1) is 6.61 Å². The van der Waals surface area contributed by atoms with Crippen LogP contribution in [0.4, 0.5) is 5.69 Å². The smallest absolute Gasteiger partial charge is 0.228 e. The van der Waals surface area contributed by atoms with E-state index in [1.54, 1.807) is 11.0 Å². The number of thioether (sulfide) groups is 1. The lowest BCUT2D eigenvalue weighted by Crippen LogP contribution is -2.26. The Morgan fingerprint density at radius 3 is 2.89 bits per heavy atom. The van der Waals surface area contributed by atoms with Crippen molar-refractivity contribution in [2.24, 2.45) is 0 Å². The summed E-state index contributed by atoms with van der Waals surface area (Å²) in [5, 5.41) is 9.33. The van der Waals surface area contributed by atoms with Crippen LogP contribution in [0.25, 0.3) is 0 Å². The van der Waals surface area contributed by atoms with E-state index in [2.05, 4.69) is 0 Å². The molecule has 1 saturated heterocycles. The molecule has 1 aromatic carbocycles. The highest BCUT2D eigenvalue weighted by Crippen LogP contribution is 2.30. The third kappa shape index (κ3) is 2.73. The summed E-state index contributed by atoms with van der Waals surface area (Å²) in [5.74, 6) is 0.00894. The van der Waals surface area contributed by atoms with Gasteiger partial charge in [-0.05, 0) is 6.07 Å². The minimum Gasteiger partial charge on any atom is -0.392 e. The van der Waals surface area contributed by atoms with E-state index in [9.17, 15) is 14.7 Å². The van der Waals surface area contributed by atoms with Crippen molar-refractivity contribution in [3.05, 3.63) is 29.8 Å². The number of rotatable bonds is 3. The van der Waals surface area contributed by atoms with Crippen molar-refractivity contribution in [2.45, 2.75) is 25.2 Å². The van der Waals surface area contributed by atoms with Gasteiger partial charge in [-0.15, -0.1) is 0 Å². The Morgan fingerprint density at radius 2 is 2.22 bits per heavy atom. The highest BCUT2D eigenvalue weighted by Gasteiger charge is 2.32. The molecule has 0 aliphatic carbocycles. The summed E-state index contributed by atoms with van der Waals surface area (Å²) in [7, 11) is 0. The van der Waals surface area contributed by atoms with Crippen LogP contribution in [0.2, 0.25) is 0 Å². The van der Waals surface area contributed by atoms with Crippen molar-refractivity contribution in [3.8, 4) is 0 Å². The highest BCUT2D eigenvalue weighted by atomic mass is 32.2. The third-order valence-corrected chi connectivity index (χ3v) is 3.86. The van der Waals surface area contributed by atoms with Crippen molar-refractivity contribution >= 4 is 28.5 Å². The van der Waals surface area contributed by atoms with Gasteiger partial charge >= 0.3 is 0 Å². The normalized spacial score (nSPS) is 19.3. The number of aliphatic hydroxyl groups excluding tert-OH is 1. The van der Waals surface area contributed by atoms with Gasteiger partial charge in [-0.1, -0.05) is 30.0 Å². The molecule has 1 fully saturated rings. The summed E-state index contributed by atoms with van der Waals surface area (Å²) >= 11 is 1.21. The fraction of sp³-hybridized carbons (Fsp3) is 0.385. The van der Waals surface area contributed by atoms with Crippen molar-refractivity contribution in [2.75, 3.05) is 11.4 Å². The molecule has 4 nitrogen and oxygen atoms in total. The van der Waals surface area contributed by atoms with E-state index < -0.39 is 0 Å². The number of nitrogens with zero attached hydrogens (tertiary/aromatic N) is 1. The lowest BCUT2D eigenvalue weighted by Gasteiger charge is -2.19. The van der Waals surface area contributed by atoms with Crippen LogP contribution in [-0.2, 0) is 16.2 Å². The first-order chi connectivity index (χ1) is 8.61. The maximum absolute atomic E-state index is 12.0. The van der Waals surface area contributed by atoms with E-state index in [1.807, 2.05) is 18.2 Å². The SMILES string of the molecule is CC(=O)SC1CC(=O)N(c2ccccc2CO)C1. The van der Waals surface area contributed by atoms with Gasteiger partial charge in [0.1, 0.15) is 0 Å². The molecule has 1 amide bonds. The van der Waals surface area contributed by atoms with Crippen molar-refractivity contribution in [1.29, 1.82) is 0 Å². The molecule has 0 spiro atoms. The Labute approximate surface area is 110 Å². The lowest BCUT2D eigenvalue weighted by molar-refractivity contribution is -0.117. The summed E-state index contributed by atoms with van der Waals surface area (Å²) in [6.07, 6.45) is 0.379. The van der Waals surface area contributed by atoms with Crippen LogP contribution < -0.4 is 4.90 Å². The molecule has 1 aliphatic rings. The Hall–Kier alpha value is -1.33. The summed E-state index contributed by atoms with van der Waals surface area (Å²) < 4.78 is 0. The van der Waals surface area contributed by atoms with Crippen LogP contribution in [0.1, 0.15) is 18.9 Å². The van der Waals surface area contributed by atoms with E-state index in [4.69, 9.17) is 0 Å². The molecule has 0 aromatic heterocycles. The Bertz CT molecular complexity index is 475. The van der Waals surface area contributed by atoms with Gasteiger partial charge in [0, 0.05) is 36.4 Å². The predicted molar refractivity (Wildman–Crippen MR) is 71.4 cm³/mol. The number of anilines is 1. The fourth-order valence-electron chi connectivity index (χ4n) is 2.13. The van der Waals surface area contributed by atoms with Crippen molar-refractivity contribution < 1.29 is 14.7 Å². The van der Waals surface area contributed by atoms with Crippen molar-refractivity contribution in [3.63, 3.8) is 0 Å². The highest BCUT2D eigenvalue weighted by molar-refractivity contribution is 8.14. The second kappa shape index (κ2) is 5.54. The molecule has 0 radical (unpaired) electrons. The second-order valence-electron chi connectivity index (χ2n) is 4.23. The van der Waals surface area contributed by atoms with Crippen LogP contribution >= 0.6 is 11.8 Å². The number of carbonyl (C=O) groups is 2. The summed E-state index contributed by atoms with van der Waals surface area (Å²) in [5.41, 5.74) is 1.48. The van der Waals surface area contributed by atoms with Crippen LogP contribution in [0.3, 0.4) is 0 Å². The Kier molecular flexibility index (Phi) is 4.04. The molecular formula is C13H15NO3S. The standard InChI is InChI=1S/C13H15NO3S/c1-9(16)18-11-6-13(17)14(7-11)12-5-3-2-4-10(12)8-15/h2-5,11,15H,6-8H2,1H3. The largest absolute Gasteiger partial charge is 0.392 e. The molecule has 18 heavy (non-hydrogen) atoms. The molecule has 1 atom stereocenters. The van der Waals surface area contributed by atoms with E-state index in [-0.39, 0.29) is 22.9 Å². The van der Waals surface area contributed by atoms with Gasteiger partial charge in [-0.3, -0.25) is 9.59 Å². The number of aliphatic hydroxyl groups is 1. The summed E-state index contributed by atoms with van der Waals surface area (Å²) in [4.78, 5) is 24.7. The Balaban J connectivity index is 2.19. The number of amides is 1. The fourth-order valence-corrected chi connectivity index (χ4v) is 3.05. The first-order valence-corrected chi connectivity index (χ1v) is 6.66. The quantitative estimate of drug-likeness (QED) is 0.901. The van der Waals surface area contributed by atoms with E-state index in [0.29, 0.717) is 13.0 Å². The molecule has 0 bridgehead atoms. The second-order valence-corrected chi connectivity index (χ2v) is 5.70. The van der Waals surface area contributed by atoms with Gasteiger partial charge in [-0.25, -0.2) is 0 Å². The van der Waals surface area contributed by atoms with Crippen LogP contribution in [0.5, 0.6) is 0 Å². The Morgan fingerprint density at radius 1 is 1.50 bits per heavy atom. The first kappa shape index (κ1) is 13.1. The minimum absolute atomic E-state index is 0.00894. The molecule has 2 rings (SSSR count). The van der Waals surface area contributed by atoms with E-state index in [1.165, 1.54) is 18.7 Å². The summed E-state index contributed by atoms with van der Waals surface area (Å²) in [6.45, 7) is 1.95. The zero-order chi connectivity index (χ0) is 13.1. The maximum atomic E-state index is 12.0. The van der Waals surface area contributed by atoms with Crippen LogP contribution in [0.15, 0.2) is 24.3 Å². The zero-order valence-corrected chi connectivity index (χ0v) is 10.9. The average Bonchev–Trinajstić information content (AvgIpc) is 2.69. The molecule has 1 unspecified atom stereocenters. The lowest BCUT2D eigenvalue weighted by atomic mass is 10.2. The minimum atomic E-state index is -0.0928. The van der Waals surface area contributed by atoms with Gasteiger partial charge < -0.3 is 10.0 Å². The molecule has 0 saturated carbocycles. The molecule has 1 aromatic rings. The zero-order valence-electron chi connectivity index (χ0n) is 10.1. The van der Waals surface area contributed by atoms with Gasteiger partial charge in [0.15, 0.2) is 5.12 Å². The molecular weight excluding hydrogens is 250 g/mol. The number of hydrogen-bond acceptors (Lipinski definition) is 4. The van der Waals surface area contributed by atoms with Gasteiger partial charge in [-0.2, -0.15) is 0 Å². The summed E-state index contributed by atoms with van der Waals surface area (Å²) in [6, 6.07) is 7.29. The average molecular weight is 265 g/mol. The predicted octanol–water partition coefficient (Wildman–Crippen LogP) is 1.56. The number of carbonyl (C=O) groups excluding carboxylic acids is 2. The topological polar surface area (TPSA) is 57.6 Å². The molecule has 1 N–H and O–H groups in total. The number of benzene rings is 1. The van der Waals surface area contributed by atoms with Crippen LogP contribution in [0, 0.1) is 0 Å². The molecule has 96 valence electrons. The monoisotopic (exact) mass is 265 g/mol. The van der Waals surface area contributed by atoms with E-state index >= 15 is 0 Å². The molecule has 1 aliphatic heterocycles. The third-order valence-electron chi connectivity index (χ3n) is 2.87. The maximum Gasteiger partial charge on any atom is 0.228 e. The van der Waals surface area contributed by atoms with Crippen molar-refractivity contribution in [1.82, 2.24) is 0 Å². The first-order valence-electron chi connectivity index (χ1n) is 5.78. The number of para-hydroxylation sites is 1.